The van der Waals surface area contributed by atoms with Gasteiger partial charge in [-0.3, -0.25) is 0 Å². The fraction of sp³-hybridized carbons (Fsp3) is 0.286. The van der Waals surface area contributed by atoms with Crippen LogP contribution in [0.25, 0.3) is 11.1 Å². The van der Waals surface area contributed by atoms with E-state index in [0.29, 0.717) is 6.61 Å². The van der Waals surface area contributed by atoms with Gasteiger partial charge < -0.3 is 9.47 Å². The highest BCUT2D eigenvalue weighted by atomic mass is 79.9. The molecule has 1 aliphatic heterocycles. The Morgan fingerprint density at radius 2 is 2.00 bits per heavy atom. The second kappa shape index (κ2) is 8.06. The van der Waals surface area contributed by atoms with Gasteiger partial charge in [-0.1, -0.05) is 46.3 Å². The maximum atomic E-state index is 5.98. The zero-order valence-corrected chi connectivity index (χ0v) is 16.1. The molecule has 1 fully saturated rings. The molecule has 0 spiro atoms. The molecule has 4 nitrogen and oxygen atoms in total. The van der Waals surface area contributed by atoms with Crippen molar-refractivity contribution in [3.63, 3.8) is 0 Å². The van der Waals surface area contributed by atoms with Crippen LogP contribution >= 0.6 is 15.9 Å². The summed E-state index contributed by atoms with van der Waals surface area (Å²) < 4.78 is 14.7. The van der Waals surface area contributed by atoms with E-state index >= 15 is 0 Å². The van der Waals surface area contributed by atoms with E-state index < -0.39 is 0 Å². The quantitative estimate of drug-likeness (QED) is 0.547. The summed E-state index contributed by atoms with van der Waals surface area (Å²) in [5, 5.41) is 4.50. The summed E-state index contributed by atoms with van der Waals surface area (Å²) in [6, 6.07) is 16.3. The first-order valence-corrected chi connectivity index (χ1v) is 9.71. The highest BCUT2D eigenvalue weighted by Gasteiger charge is 2.17. The Balaban J connectivity index is 1.51. The molecule has 0 saturated carbocycles. The van der Waals surface area contributed by atoms with Crippen molar-refractivity contribution < 1.29 is 9.47 Å². The molecule has 134 valence electrons. The van der Waals surface area contributed by atoms with E-state index in [2.05, 4.69) is 51.5 Å². The summed E-state index contributed by atoms with van der Waals surface area (Å²) in [5.74, 6) is 0.833. The minimum Gasteiger partial charge on any atom is -0.489 e. The maximum Gasteiger partial charge on any atom is 0.150 e. The van der Waals surface area contributed by atoms with Gasteiger partial charge in [0.05, 0.1) is 6.20 Å². The first-order valence-electron chi connectivity index (χ1n) is 8.91. The SMILES string of the molecule is Brc1cc(OCc2ccccc2)cc(-c2cnn(C3CCCCO3)c2)c1. The van der Waals surface area contributed by atoms with E-state index in [1.165, 1.54) is 6.42 Å². The van der Waals surface area contributed by atoms with Crippen molar-refractivity contribution in [1.29, 1.82) is 0 Å². The molecule has 0 aliphatic carbocycles. The Bertz CT molecular complexity index is 857. The molecule has 26 heavy (non-hydrogen) atoms. The van der Waals surface area contributed by atoms with Gasteiger partial charge in [-0.15, -0.1) is 0 Å². The average molecular weight is 413 g/mol. The fourth-order valence-electron chi connectivity index (χ4n) is 3.13. The molecule has 5 heteroatoms. The lowest BCUT2D eigenvalue weighted by Gasteiger charge is -2.22. The van der Waals surface area contributed by atoms with Crippen LogP contribution in [0.4, 0.5) is 0 Å². The van der Waals surface area contributed by atoms with E-state index in [-0.39, 0.29) is 6.23 Å². The first-order chi connectivity index (χ1) is 12.8. The largest absolute Gasteiger partial charge is 0.489 e. The summed E-state index contributed by atoms with van der Waals surface area (Å²) in [4.78, 5) is 0. The number of hydrogen-bond acceptors (Lipinski definition) is 3. The van der Waals surface area contributed by atoms with Gasteiger partial charge in [-0.25, -0.2) is 4.68 Å². The molecule has 3 aromatic rings. The molecule has 0 radical (unpaired) electrons. The lowest BCUT2D eigenvalue weighted by atomic mass is 10.1. The highest BCUT2D eigenvalue weighted by molar-refractivity contribution is 9.10. The van der Waals surface area contributed by atoms with Gasteiger partial charge in [-0.05, 0) is 48.6 Å². The standard InChI is InChI=1S/C21H21BrN2O2/c22-19-10-17(11-20(12-19)26-15-16-6-2-1-3-7-16)18-13-23-24(14-18)21-8-4-5-9-25-21/h1-3,6-7,10-14,21H,4-5,8-9,15H2. The second-order valence-corrected chi connectivity index (χ2v) is 7.40. The molecule has 2 aromatic carbocycles. The number of hydrogen-bond donors (Lipinski definition) is 0. The highest BCUT2D eigenvalue weighted by Crippen LogP contribution is 2.30. The van der Waals surface area contributed by atoms with E-state index in [1.54, 1.807) is 0 Å². The van der Waals surface area contributed by atoms with E-state index in [0.717, 1.165) is 46.4 Å². The fourth-order valence-corrected chi connectivity index (χ4v) is 3.60. The Labute approximate surface area is 161 Å². The zero-order valence-electron chi connectivity index (χ0n) is 14.5. The van der Waals surface area contributed by atoms with Gasteiger partial charge in [0.1, 0.15) is 18.6 Å². The van der Waals surface area contributed by atoms with Crippen molar-refractivity contribution in [3.8, 4) is 16.9 Å². The molecule has 0 amide bonds. The number of rotatable bonds is 5. The third kappa shape index (κ3) is 4.17. The lowest BCUT2D eigenvalue weighted by Crippen LogP contribution is -2.18. The van der Waals surface area contributed by atoms with E-state index in [9.17, 15) is 0 Å². The van der Waals surface area contributed by atoms with E-state index in [1.807, 2.05) is 35.1 Å². The van der Waals surface area contributed by atoms with Crippen LogP contribution in [0.2, 0.25) is 0 Å². The summed E-state index contributed by atoms with van der Waals surface area (Å²) >= 11 is 3.59. The minimum atomic E-state index is 0.0541. The van der Waals surface area contributed by atoms with Gasteiger partial charge in [0.15, 0.2) is 0 Å². The average Bonchev–Trinajstić information content (AvgIpc) is 3.18. The number of nitrogens with zero attached hydrogens (tertiary/aromatic N) is 2. The molecule has 1 atom stereocenters. The van der Waals surface area contributed by atoms with Gasteiger partial charge in [-0.2, -0.15) is 5.10 Å². The third-order valence-electron chi connectivity index (χ3n) is 4.51. The first kappa shape index (κ1) is 17.3. The van der Waals surface area contributed by atoms with Crippen LogP contribution in [0, 0.1) is 0 Å². The van der Waals surface area contributed by atoms with Crippen molar-refractivity contribution in [3.05, 3.63) is 71.0 Å². The van der Waals surface area contributed by atoms with Crippen molar-refractivity contribution in [2.24, 2.45) is 0 Å². The molecule has 0 bridgehead atoms. The van der Waals surface area contributed by atoms with Gasteiger partial charge in [0.2, 0.25) is 0 Å². The number of halogens is 1. The van der Waals surface area contributed by atoms with Crippen LogP contribution in [0.15, 0.2) is 65.4 Å². The third-order valence-corrected chi connectivity index (χ3v) is 4.96. The van der Waals surface area contributed by atoms with Crippen LogP contribution in [-0.2, 0) is 11.3 Å². The predicted molar refractivity (Wildman–Crippen MR) is 105 cm³/mol. The Hall–Kier alpha value is -2.11. The van der Waals surface area contributed by atoms with Crippen LogP contribution in [-0.4, -0.2) is 16.4 Å². The Morgan fingerprint density at radius 3 is 2.81 bits per heavy atom. The number of ether oxygens (including phenoxy) is 2. The Morgan fingerprint density at radius 1 is 1.12 bits per heavy atom. The molecule has 4 rings (SSSR count). The molecule has 1 saturated heterocycles. The normalized spacial score (nSPS) is 17.2. The monoisotopic (exact) mass is 412 g/mol. The summed E-state index contributed by atoms with van der Waals surface area (Å²) in [6.07, 6.45) is 7.34. The van der Waals surface area contributed by atoms with Crippen LogP contribution in [0.5, 0.6) is 5.75 Å². The van der Waals surface area contributed by atoms with Crippen molar-refractivity contribution in [2.75, 3.05) is 6.61 Å². The second-order valence-electron chi connectivity index (χ2n) is 6.48. The van der Waals surface area contributed by atoms with Gasteiger partial charge in [0.25, 0.3) is 0 Å². The smallest absolute Gasteiger partial charge is 0.150 e. The summed E-state index contributed by atoms with van der Waals surface area (Å²) in [5.41, 5.74) is 3.28. The molecule has 0 N–H and O–H groups in total. The van der Waals surface area contributed by atoms with Crippen molar-refractivity contribution >= 4 is 15.9 Å². The molecule has 2 heterocycles. The Kier molecular flexibility index (Phi) is 5.37. The zero-order chi connectivity index (χ0) is 17.8. The minimum absolute atomic E-state index is 0.0541. The topological polar surface area (TPSA) is 36.3 Å². The number of benzene rings is 2. The molecule has 1 aromatic heterocycles. The van der Waals surface area contributed by atoms with Crippen molar-refractivity contribution in [1.82, 2.24) is 9.78 Å². The van der Waals surface area contributed by atoms with Gasteiger partial charge in [0, 0.05) is 22.8 Å². The molecule has 1 aliphatic rings. The van der Waals surface area contributed by atoms with Gasteiger partial charge >= 0.3 is 0 Å². The molecular weight excluding hydrogens is 392 g/mol. The molecule has 1 unspecified atom stereocenters. The van der Waals surface area contributed by atoms with Crippen LogP contribution < -0.4 is 4.74 Å². The predicted octanol–water partition coefficient (Wildman–Crippen LogP) is 5.59. The maximum absolute atomic E-state index is 5.98. The molecular formula is C21H21BrN2O2. The van der Waals surface area contributed by atoms with Crippen LogP contribution in [0.1, 0.15) is 31.1 Å². The van der Waals surface area contributed by atoms with E-state index in [4.69, 9.17) is 9.47 Å². The summed E-state index contributed by atoms with van der Waals surface area (Å²) in [7, 11) is 0. The number of aromatic nitrogens is 2. The van der Waals surface area contributed by atoms with Crippen LogP contribution in [0.3, 0.4) is 0 Å². The lowest BCUT2D eigenvalue weighted by molar-refractivity contribution is -0.0394. The van der Waals surface area contributed by atoms with Crippen molar-refractivity contribution in [2.45, 2.75) is 32.1 Å². The summed E-state index contributed by atoms with van der Waals surface area (Å²) in [6.45, 7) is 1.36.